The molecule has 1 aliphatic carbocycles. The highest BCUT2D eigenvalue weighted by atomic mass is 32.1. The Balaban J connectivity index is 2.19. The van der Waals surface area contributed by atoms with Gasteiger partial charge in [0, 0.05) is 18.2 Å². The zero-order chi connectivity index (χ0) is 14.0. The van der Waals surface area contributed by atoms with Crippen LogP contribution < -0.4 is 10.6 Å². The van der Waals surface area contributed by atoms with Gasteiger partial charge in [-0.1, -0.05) is 26.1 Å². The minimum atomic E-state index is -0.221. The number of benzene rings is 1. The van der Waals surface area contributed by atoms with Crippen molar-refractivity contribution in [2.45, 2.75) is 39.2 Å². The maximum atomic E-state index is 14.2. The lowest BCUT2D eigenvalue weighted by molar-refractivity contribution is 0.559. The first-order chi connectivity index (χ1) is 8.99. The van der Waals surface area contributed by atoms with E-state index in [0.717, 1.165) is 25.8 Å². The lowest BCUT2D eigenvalue weighted by Gasteiger charge is -2.26. The molecule has 0 aliphatic heterocycles. The van der Waals surface area contributed by atoms with Crippen molar-refractivity contribution in [1.82, 2.24) is 0 Å². The van der Waals surface area contributed by atoms with Gasteiger partial charge in [0.2, 0.25) is 0 Å². The fourth-order valence-corrected chi connectivity index (χ4v) is 2.30. The summed E-state index contributed by atoms with van der Waals surface area (Å²) < 4.78 is 14.2. The van der Waals surface area contributed by atoms with Crippen molar-refractivity contribution in [2.75, 3.05) is 11.4 Å². The van der Waals surface area contributed by atoms with Crippen molar-refractivity contribution in [3.05, 3.63) is 29.6 Å². The third kappa shape index (κ3) is 3.66. The van der Waals surface area contributed by atoms with E-state index in [0.29, 0.717) is 23.2 Å². The van der Waals surface area contributed by atoms with Gasteiger partial charge in [-0.05, 0) is 43.4 Å². The number of hydrogen-bond acceptors (Lipinski definition) is 2. The first-order valence-corrected chi connectivity index (χ1v) is 7.26. The molecule has 0 atom stereocenters. The van der Waals surface area contributed by atoms with Gasteiger partial charge >= 0.3 is 0 Å². The molecule has 0 spiro atoms. The molecular weight excluding hydrogens is 259 g/mol. The highest BCUT2D eigenvalue weighted by molar-refractivity contribution is 7.80. The topological polar surface area (TPSA) is 29.3 Å². The van der Waals surface area contributed by atoms with E-state index in [4.69, 9.17) is 18.0 Å². The van der Waals surface area contributed by atoms with Gasteiger partial charge in [-0.15, -0.1) is 0 Å². The van der Waals surface area contributed by atoms with Crippen LogP contribution in [0.25, 0.3) is 0 Å². The molecular formula is C15H21FN2S. The molecule has 0 aromatic heterocycles. The highest BCUT2D eigenvalue weighted by Crippen LogP contribution is 2.33. The Morgan fingerprint density at radius 1 is 1.47 bits per heavy atom. The van der Waals surface area contributed by atoms with Gasteiger partial charge in [0.05, 0.1) is 5.69 Å². The third-order valence-corrected chi connectivity index (χ3v) is 3.71. The van der Waals surface area contributed by atoms with Crippen LogP contribution in [0.3, 0.4) is 0 Å². The molecule has 2 N–H and O–H groups in total. The zero-order valence-corrected chi connectivity index (χ0v) is 12.3. The molecule has 0 radical (unpaired) electrons. The normalized spacial score (nSPS) is 14.7. The molecule has 1 fully saturated rings. The maximum Gasteiger partial charge on any atom is 0.147 e. The number of hydrogen-bond donors (Lipinski definition) is 1. The van der Waals surface area contributed by atoms with Crippen LogP contribution in [0.15, 0.2) is 18.2 Å². The van der Waals surface area contributed by atoms with Gasteiger partial charge in [-0.25, -0.2) is 4.39 Å². The summed E-state index contributed by atoms with van der Waals surface area (Å²) in [5.74, 6) is 0.404. The van der Waals surface area contributed by atoms with Crippen molar-refractivity contribution in [2.24, 2.45) is 11.7 Å². The Kier molecular flexibility index (Phi) is 4.40. The van der Waals surface area contributed by atoms with E-state index in [1.807, 2.05) is 12.1 Å². The molecule has 1 aromatic rings. The van der Waals surface area contributed by atoms with Crippen LogP contribution in [-0.2, 0) is 0 Å². The Hall–Kier alpha value is -1.16. The van der Waals surface area contributed by atoms with Gasteiger partial charge in [0.15, 0.2) is 0 Å². The fourth-order valence-electron chi connectivity index (χ4n) is 2.18. The molecule has 0 amide bonds. The first-order valence-electron chi connectivity index (χ1n) is 6.85. The van der Waals surface area contributed by atoms with Crippen LogP contribution in [0.5, 0.6) is 0 Å². The van der Waals surface area contributed by atoms with Gasteiger partial charge in [-0.3, -0.25) is 0 Å². The number of nitrogens with two attached hydrogens (primary N) is 1. The van der Waals surface area contributed by atoms with Crippen LogP contribution in [-0.4, -0.2) is 17.6 Å². The second-order valence-corrected chi connectivity index (χ2v) is 6.08. The number of thiocarbonyl (C=S) groups is 1. The summed E-state index contributed by atoms with van der Waals surface area (Å²) in [6.45, 7) is 5.29. The molecule has 0 heterocycles. The smallest absolute Gasteiger partial charge is 0.147 e. The van der Waals surface area contributed by atoms with E-state index >= 15 is 0 Å². The molecule has 2 nitrogen and oxygen atoms in total. The number of anilines is 1. The lowest BCUT2D eigenvalue weighted by Crippen LogP contribution is -2.28. The van der Waals surface area contributed by atoms with E-state index in [9.17, 15) is 4.39 Å². The first kappa shape index (κ1) is 14.3. The predicted octanol–water partition coefficient (Wildman–Crippen LogP) is 3.47. The molecule has 1 aliphatic rings. The monoisotopic (exact) mass is 280 g/mol. The average Bonchev–Trinajstić information content (AvgIpc) is 3.14. The molecule has 1 saturated carbocycles. The summed E-state index contributed by atoms with van der Waals surface area (Å²) in [4.78, 5) is 2.43. The van der Waals surface area contributed by atoms with Crippen molar-refractivity contribution >= 4 is 22.9 Å². The summed E-state index contributed by atoms with van der Waals surface area (Å²) in [5, 5.41) is 0. The van der Waals surface area contributed by atoms with Crippen LogP contribution in [0, 0.1) is 11.7 Å². The second kappa shape index (κ2) is 5.87. The summed E-state index contributed by atoms with van der Waals surface area (Å²) in [6.07, 6.45) is 3.40. The predicted molar refractivity (Wildman–Crippen MR) is 82.1 cm³/mol. The molecule has 1 aromatic carbocycles. The molecule has 104 valence electrons. The molecule has 19 heavy (non-hydrogen) atoms. The Bertz CT molecular complexity index is 469. The minimum absolute atomic E-state index is 0.221. The van der Waals surface area contributed by atoms with Gasteiger partial charge < -0.3 is 10.6 Å². The van der Waals surface area contributed by atoms with Crippen LogP contribution in [0.1, 0.15) is 38.7 Å². The Morgan fingerprint density at radius 3 is 2.63 bits per heavy atom. The van der Waals surface area contributed by atoms with Gasteiger partial charge in [0.25, 0.3) is 0 Å². The number of rotatable bonds is 6. The summed E-state index contributed by atoms with van der Waals surface area (Å²) in [7, 11) is 0. The second-order valence-electron chi connectivity index (χ2n) is 5.64. The maximum absolute atomic E-state index is 14.2. The minimum Gasteiger partial charge on any atom is -0.389 e. The molecule has 2 rings (SSSR count). The standard InChI is InChI=1S/C15H21FN2S/c1-10(2)7-8-18(12-4-5-12)14-6-3-11(15(17)19)9-13(14)16/h3,6,9-10,12H,4-5,7-8H2,1-2H3,(H2,17,19). The zero-order valence-electron chi connectivity index (χ0n) is 11.5. The van der Waals surface area contributed by atoms with Crippen molar-refractivity contribution < 1.29 is 4.39 Å². The summed E-state index contributed by atoms with van der Waals surface area (Å²) in [5.41, 5.74) is 6.81. The fraction of sp³-hybridized carbons (Fsp3) is 0.533. The lowest BCUT2D eigenvalue weighted by atomic mass is 10.1. The van der Waals surface area contributed by atoms with Crippen molar-refractivity contribution in [1.29, 1.82) is 0 Å². The number of halogens is 1. The van der Waals surface area contributed by atoms with E-state index in [-0.39, 0.29) is 10.8 Å². The molecule has 4 heteroatoms. The highest BCUT2D eigenvalue weighted by Gasteiger charge is 2.30. The SMILES string of the molecule is CC(C)CCN(c1ccc(C(N)=S)cc1F)C1CC1. The Morgan fingerprint density at radius 2 is 2.16 bits per heavy atom. The van der Waals surface area contributed by atoms with Gasteiger partial charge in [-0.2, -0.15) is 0 Å². The summed E-state index contributed by atoms with van der Waals surface area (Å²) >= 11 is 4.88. The Labute approximate surface area is 119 Å². The van der Waals surface area contributed by atoms with E-state index in [1.54, 1.807) is 0 Å². The third-order valence-electron chi connectivity index (χ3n) is 3.48. The quantitative estimate of drug-likeness (QED) is 0.809. The van der Waals surface area contributed by atoms with E-state index in [1.165, 1.54) is 6.07 Å². The largest absolute Gasteiger partial charge is 0.389 e. The average molecular weight is 280 g/mol. The van der Waals surface area contributed by atoms with Crippen molar-refractivity contribution in [3.8, 4) is 0 Å². The van der Waals surface area contributed by atoms with E-state index in [2.05, 4.69) is 18.7 Å². The van der Waals surface area contributed by atoms with Crippen molar-refractivity contribution in [3.63, 3.8) is 0 Å². The summed E-state index contributed by atoms with van der Waals surface area (Å²) in [6, 6.07) is 5.57. The molecule has 0 saturated heterocycles. The van der Waals surface area contributed by atoms with Gasteiger partial charge in [0.1, 0.15) is 10.8 Å². The molecule has 0 unspecified atom stereocenters. The van der Waals surface area contributed by atoms with Crippen LogP contribution in [0.2, 0.25) is 0 Å². The molecule has 0 bridgehead atoms. The van der Waals surface area contributed by atoms with Crippen LogP contribution in [0.4, 0.5) is 10.1 Å². The van der Waals surface area contributed by atoms with Crippen LogP contribution >= 0.6 is 12.2 Å². The van der Waals surface area contributed by atoms with E-state index < -0.39 is 0 Å². The number of nitrogens with zero attached hydrogens (tertiary/aromatic N) is 1.